The molecule has 3 nitrogen and oxygen atoms in total. The molecule has 0 saturated heterocycles. The van der Waals surface area contributed by atoms with Crippen LogP contribution in [0.5, 0.6) is 0 Å². The van der Waals surface area contributed by atoms with Crippen LogP contribution in [0.4, 0.5) is 5.13 Å². The molecule has 0 radical (unpaired) electrons. The fourth-order valence-corrected chi connectivity index (χ4v) is 8.77. The number of aliphatic hydroxyl groups is 1. The lowest BCUT2D eigenvalue weighted by Gasteiger charge is -2.57. The Balaban J connectivity index is 1.24. The second-order valence-electron chi connectivity index (χ2n) is 10.9. The van der Waals surface area contributed by atoms with E-state index in [9.17, 15) is 5.11 Å². The van der Waals surface area contributed by atoms with Gasteiger partial charge in [0, 0.05) is 16.8 Å². The summed E-state index contributed by atoms with van der Waals surface area (Å²) in [6, 6.07) is 10.6. The highest BCUT2D eigenvalue weighted by atomic mass is 32.1. The van der Waals surface area contributed by atoms with E-state index < -0.39 is 0 Å². The van der Waals surface area contributed by atoms with Gasteiger partial charge in [-0.25, -0.2) is 4.98 Å². The fourth-order valence-electron chi connectivity index (χ4n) is 7.62. The van der Waals surface area contributed by atoms with Gasteiger partial charge in [0.15, 0.2) is 5.13 Å². The third-order valence-corrected chi connectivity index (χ3v) is 10.4. The number of aromatic nitrogens is 1. The number of rotatable bonds is 3. The van der Waals surface area contributed by atoms with E-state index in [1.807, 2.05) is 11.3 Å². The summed E-state index contributed by atoms with van der Waals surface area (Å²) < 4.78 is 0. The van der Waals surface area contributed by atoms with E-state index in [0.717, 1.165) is 48.7 Å². The number of allylic oxidation sites excluding steroid dienone is 1. The highest BCUT2D eigenvalue weighted by Gasteiger charge is 2.58. The van der Waals surface area contributed by atoms with Crippen LogP contribution in [0.1, 0.15) is 68.5 Å². The number of benzene rings is 1. The Hall–Kier alpha value is -1.65. The van der Waals surface area contributed by atoms with Crippen LogP contribution in [-0.4, -0.2) is 16.2 Å². The van der Waals surface area contributed by atoms with Gasteiger partial charge in [0.05, 0.1) is 11.8 Å². The molecule has 2 aromatic rings. The largest absolute Gasteiger partial charge is 0.393 e. The normalized spacial score (nSPS) is 38.5. The Labute approximate surface area is 190 Å². The van der Waals surface area contributed by atoms with Crippen LogP contribution < -0.4 is 5.32 Å². The van der Waals surface area contributed by atoms with Crippen molar-refractivity contribution in [3.63, 3.8) is 0 Å². The van der Waals surface area contributed by atoms with Gasteiger partial charge >= 0.3 is 0 Å². The monoisotopic (exact) mass is 434 g/mol. The molecule has 31 heavy (non-hydrogen) atoms. The van der Waals surface area contributed by atoms with Crippen LogP contribution in [0.3, 0.4) is 0 Å². The zero-order valence-corrected chi connectivity index (χ0v) is 19.5. The summed E-state index contributed by atoms with van der Waals surface area (Å²) in [6.07, 6.45) is 10.5. The maximum Gasteiger partial charge on any atom is 0.183 e. The smallest absolute Gasteiger partial charge is 0.183 e. The highest BCUT2D eigenvalue weighted by molar-refractivity contribution is 7.15. The van der Waals surface area contributed by atoms with Crippen LogP contribution >= 0.6 is 11.3 Å². The summed E-state index contributed by atoms with van der Waals surface area (Å²) in [5.74, 6) is 2.28. The summed E-state index contributed by atoms with van der Waals surface area (Å²) in [4.78, 5) is 6.70. The predicted octanol–water partition coefficient (Wildman–Crippen LogP) is 6.09. The number of anilines is 1. The predicted molar refractivity (Wildman–Crippen MR) is 127 cm³/mol. The van der Waals surface area contributed by atoms with Crippen molar-refractivity contribution in [1.82, 2.24) is 4.98 Å². The molecular formula is C27H34N2OS. The van der Waals surface area contributed by atoms with E-state index in [1.54, 1.807) is 5.57 Å². The second-order valence-corrected chi connectivity index (χ2v) is 12.0. The third-order valence-electron chi connectivity index (χ3n) is 9.40. The van der Waals surface area contributed by atoms with Crippen LogP contribution in [-0.2, 0) is 18.4 Å². The molecule has 0 aliphatic heterocycles. The molecule has 6 unspecified atom stereocenters. The van der Waals surface area contributed by atoms with Crippen molar-refractivity contribution in [3.05, 3.63) is 58.1 Å². The number of hydrogen-bond donors (Lipinski definition) is 2. The second kappa shape index (κ2) is 7.18. The summed E-state index contributed by atoms with van der Waals surface area (Å²) in [5, 5.41) is 14.9. The van der Waals surface area contributed by atoms with Crippen molar-refractivity contribution >= 4 is 16.5 Å². The van der Waals surface area contributed by atoms with E-state index in [2.05, 4.69) is 55.6 Å². The van der Waals surface area contributed by atoms with Gasteiger partial charge in [0.25, 0.3) is 0 Å². The number of fused-ring (bicyclic) bond motifs is 7. The van der Waals surface area contributed by atoms with Gasteiger partial charge in [-0.3, -0.25) is 0 Å². The molecule has 4 aliphatic carbocycles. The first-order valence-corrected chi connectivity index (χ1v) is 12.9. The van der Waals surface area contributed by atoms with Crippen molar-refractivity contribution < 1.29 is 5.11 Å². The van der Waals surface area contributed by atoms with Crippen molar-refractivity contribution in [2.45, 2.75) is 76.9 Å². The summed E-state index contributed by atoms with van der Waals surface area (Å²) in [7, 11) is 0. The van der Waals surface area contributed by atoms with Crippen LogP contribution in [0.25, 0.3) is 0 Å². The SMILES string of the molecule is CC12CCC(O)CC1=CCC1C2CCC2(C)c3nc(NCc4ccccc4)sc3CC12. The van der Waals surface area contributed by atoms with Crippen molar-refractivity contribution in [3.8, 4) is 0 Å². The lowest BCUT2D eigenvalue weighted by atomic mass is 9.48. The van der Waals surface area contributed by atoms with Gasteiger partial charge in [-0.1, -0.05) is 55.8 Å². The Morgan fingerprint density at radius 3 is 2.71 bits per heavy atom. The zero-order chi connectivity index (χ0) is 21.2. The highest BCUT2D eigenvalue weighted by Crippen LogP contribution is 2.64. The minimum Gasteiger partial charge on any atom is -0.393 e. The Bertz CT molecular complexity index is 1010. The molecule has 1 aromatic heterocycles. The molecule has 2 N–H and O–H groups in total. The van der Waals surface area contributed by atoms with Gasteiger partial charge in [-0.05, 0) is 73.7 Å². The topological polar surface area (TPSA) is 45.2 Å². The molecule has 1 aromatic carbocycles. The van der Waals surface area contributed by atoms with E-state index in [4.69, 9.17) is 4.98 Å². The lowest BCUT2D eigenvalue weighted by Crippen LogP contribution is -2.51. The van der Waals surface area contributed by atoms with Crippen LogP contribution in [0, 0.1) is 23.2 Å². The third kappa shape index (κ3) is 3.05. The van der Waals surface area contributed by atoms with Crippen LogP contribution in [0.2, 0.25) is 0 Å². The first-order valence-electron chi connectivity index (χ1n) is 12.1. The summed E-state index contributed by atoms with van der Waals surface area (Å²) in [5.41, 5.74) is 4.81. The maximum absolute atomic E-state index is 10.2. The summed E-state index contributed by atoms with van der Waals surface area (Å²) in [6.45, 7) is 5.86. The van der Waals surface area contributed by atoms with Gasteiger partial charge in [0.2, 0.25) is 0 Å². The van der Waals surface area contributed by atoms with E-state index in [-0.39, 0.29) is 11.5 Å². The zero-order valence-electron chi connectivity index (χ0n) is 18.7. The number of thiazole rings is 1. The molecular weight excluding hydrogens is 400 g/mol. The lowest BCUT2D eigenvalue weighted by molar-refractivity contribution is -0.0169. The number of nitrogens with one attached hydrogen (secondary N) is 1. The van der Waals surface area contributed by atoms with E-state index >= 15 is 0 Å². The number of nitrogens with zero attached hydrogens (tertiary/aromatic N) is 1. The first-order chi connectivity index (χ1) is 15.0. The standard InChI is InChI=1S/C27H34N2OS/c1-26-12-10-19(30)14-18(26)8-9-20-21(26)11-13-27(2)22(20)15-23-24(27)29-25(31-23)28-16-17-6-4-3-5-7-17/h3-8,19-22,30H,9-16H2,1-2H3,(H,28,29). The number of aliphatic hydroxyl groups excluding tert-OH is 1. The van der Waals surface area contributed by atoms with Crippen molar-refractivity contribution in [2.24, 2.45) is 23.2 Å². The molecule has 2 fully saturated rings. The van der Waals surface area contributed by atoms with Crippen molar-refractivity contribution in [2.75, 3.05) is 5.32 Å². The maximum atomic E-state index is 10.2. The molecule has 4 heteroatoms. The van der Waals surface area contributed by atoms with Gasteiger partial charge in [-0.2, -0.15) is 0 Å². The van der Waals surface area contributed by atoms with Gasteiger partial charge in [-0.15, -0.1) is 11.3 Å². The molecule has 1 heterocycles. The van der Waals surface area contributed by atoms with Crippen LogP contribution in [0.15, 0.2) is 42.0 Å². The molecule has 0 spiro atoms. The molecule has 6 atom stereocenters. The fraction of sp³-hybridized carbons (Fsp3) is 0.593. The summed E-state index contributed by atoms with van der Waals surface area (Å²) >= 11 is 1.90. The number of hydrogen-bond acceptors (Lipinski definition) is 4. The average molecular weight is 435 g/mol. The van der Waals surface area contributed by atoms with Gasteiger partial charge < -0.3 is 10.4 Å². The van der Waals surface area contributed by atoms with Gasteiger partial charge in [0.1, 0.15) is 0 Å². The first kappa shape index (κ1) is 20.0. The Morgan fingerprint density at radius 1 is 1.06 bits per heavy atom. The Kier molecular flexibility index (Phi) is 4.63. The Morgan fingerprint density at radius 2 is 1.87 bits per heavy atom. The molecule has 0 bridgehead atoms. The van der Waals surface area contributed by atoms with E-state index in [0.29, 0.717) is 5.41 Å². The minimum absolute atomic E-state index is 0.116. The molecule has 164 valence electrons. The van der Waals surface area contributed by atoms with E-state index in [1.165, 1.54) is 41.8 Å². The molecule has 2 saturated carbocycles. The quantitative estimate of drug-likeness (QED) is 0.574. The molecule has 0 amide bonds. The molecule has 4 aliphatic rings. The molecule has 6 rings (SSSR count). The average Bonchev–Trinajstić information content (AvgIpc) is 3.30. The van der Waals surface area contributed by atoms with Crippen molar-refractivity contribution in [1.29, 1.82) is 0 Å². The minimum atomic E-state index is -0.116.